The van der Waals surface area contributed by atoms with Crippen molar-refractivity contribution >= 4 is 6.09 Å². The Hall–Kier alpha value is -2.50. The van der Waals surface area contributed by atoms with Gasteiger partial charge in [-0.05, 0) is 11.6 Å². The van der Waals surface area contributed by atoms with E-state index in [1.165, 1.54) is 4.90 Å². The predicted molar refractivity (Wildman–Crippen MR) is 72.4 cm³/mol. The van der Waals surface area contributed by atoms with Crippen LogP contribution in [0.25, 0.3) is 0 Å². The first-order valence-electron chi connectivity index (χ1n) is 6.68. The fraction of sp³-hybridized carbons (Fsp3) is 0.188. The molecule has 0 saturated carbocycles. The number of carbonyl (C=O) groups is 1. The number of hydrogen-bond donors (Lipinski definition) is 0. The highest BCUT2D eigenvalue weighted by molar-refractivity contribution is 5.71. The number of rotatable bonds is 3. The molecule has 114 valence electrons. The third-order valence-corrected chi connectivity index (χ3v) is 3.45. The van der Waals surface area contributed by atoms with Crippen molar-refractivity contribution in [1.29, 1.82) is 0 Å². The minimum atomic E-state index is -1.25. The third-order valence-electron chi connectivity index (χ3n) is 3.45. The molecular formula is C16H12F3NO2. The maximum Gasteiger partial charge on any atom is 0.410 e. The van der Waals surface area contributed by atoms with Crippen molar-refractivity contribution in [3.8, 4) is 0 Å². The van der Waals surface area contributed by atoms with E-state index in [0.29, 0.717) is 6.07 Å². The van der Waals surface area contributed by atoms with Gasteiger partial charge in [0.2, 0.25) is 0 Å². The van der Waals surface area contributed by atoms with E-state index in [-0.39, 0.29) is 18.7 Å². The monoisotopic (exact) mass is 307 g/mol. The summed E-state index contributed by atoms with van der Waals surface area (Å²) in [5, 5.41) is 0. The number of halogens is 3. The van der Waals surface area contributed by atoms with Crippen LogP contribution in [0.1, 0.15) is 17.2 Å². The summed E-state index contributed by atoms with van der Waals surface area (Å²) >= 11 is 0. The van der Waals surface area contributed by atoms with Gasteiger partial charge in [-0.25, -0.2) is 18.0 Å². The van der Waals surface area contributed by atoms with E-state index < -0.39 is 29.6 Å². The second kappa shape index (κ2) is 5.71. The van der Waals surface area contributed by atoms with Gasteiger partial charge >= 0.3 is 6.09 Å². The van der Waals surface area contributed by atoms with E-state index >= 15 is 0 Å². The number of amides is 1. The Bertz CT molecular complexity index is 706. The lowest BCUT2D eigenvalue weighted by Gasteiger charge is -2.07. The van der Waals surface area contributed by atoms with E-state index in [1.54, 1.807) is 0 Å². The van der Waals surface area contributed by atoms with Crippen molar-refractivity contribution in [2.75, 3.05) is 6.54 Å². The lowest BCUT2D eigenvalue weighted by Crippen LogP contribution is -2.13. The first kappa shape index (κ1) is 14.4. The SMILES string of the molecule is O=C(OCc1ccccc1)N1CC1c1cc(F)c(F)cc1F. The van der Waals surface area contributed by atoms with E-state index in [0.717, 1.165) is 11.6 Å². The van der Waals surface area contributed by atoms with Crippen LogP contribution in [-0.2, 0) is 11.3 Å². The Kier molecular flexibility index (Phi) is 3.75. The Balaban J connectivity index is 1.62. The van der Waals surface area contributed by atoms with Gasteiger partial charge in [-0.2, -0.15) is 0 Å². The molecular weight excluding hydrogens is 295 g/mol. The van der Waals surface area contributed by atoms with Crippen molar-refractivity contribution in [3.05, 3.63) is 71.0 Å². The first-order chi connectivity index (χ1) is 10.6. The van der Waals surface area contributed by atoms with Gasteiger partial charge in [-0.3, -0.25) is 4.90 Å². The summed E-state index contributed by atoms with van der Waals surface area (Å²) in [7, 11) is 0. The summed E-state index contributed by atoms with van der Waals surface area (Å²) in [6.07, 6.45) is -0.613. The molecule has 1 heterocycles. The van der Waals surface area contributed by atoms with Crippen LogP contribution in [0.15, 0.2) is 42.5 Å². The van der Waals surface area contributed by atoms with Crippen LogP contribution < -0.4 is 0 Å². The minimum absolute atomic E-state index is 0.0458. The number of carbonyl (C=O) groups excluding carboxylic acids is 1. The van der Waals surface area contributed by atoms with E-state index in [4.69, 9.17) is 4.74 Å². The summed E-state index contributed by atoms with van der Waals surface area (Å²) in [6, 6.07) is 9.75. The number of hydrogen-bond acceptors (Lipinski definition) is 2. The second-order valence-corrected chi connectivity index (χ2v) is 5.00. The maximum atomic E-state index is 13.6. The summed E-state index contributed by atoms with van der Waals surface area (Å²) in [5.74, 6) is -3.26. The number of benzene rings is 2. The van der Waals surface area contributed by atoms with Crippen molar-refractivity contribution in [3.63, 3.8) is 0 Å². The molecule has 1 amide bonds. The molecule has 22 heavy (non-hydrogen) atoms. The molecule has 2 aromatic carbocycles. The van der Waals surface area contributed by atoms with Crippen molar-refractivity contribution < 1.29 is 22.7 Å². The van der Waals surface area contributed by atoms with Gasteiger partial charge in [-0.1, -0.05) is 30.3 Å². The zero-order valence-electron chi connectivity index (χ0n) is 11.4. The molecule has 0 aliphatic carbocycles. The standard InChI is InChI=1S/C16H12F3NO2/c17-12-7-14(19)13(18)6-11(12)15-8-20(15)16(21)22-9-10-4-2-1-3-5-10/h1-7,15H,8-9H2. The van der Waals surface area contributed by atoms with Gasteiger partial charge in [0.05, 0.1) is 6.04 Å². The molecule has 2 aromatic rings. The predicted octanol–water partition coefficient (Wildman–Crippen LogP) is 3.80. The molecule has 1 atom stereocenters. The third kappa shape index (κ3) is 2.90. The first-order valence-corrected chi connectivity index (χ1v) is 6.68. The summed E-state index contributed by atoms with van der Waals surface area (Å²) in [6.45, 7) is 0.318. The zero-order valence-corrected chi connectivity index (χ0v) is 11.4. The fourth-order valence-corrected chi connectivity index (χ4v) is 2.20. The van der Waals surface area contributed by atoms with Crippen LogP contribution in [0.4, 0.5) is 18.0 Å². The van der Waals surface area contributed by atoms with Crippen LogP contribution >= 0.6 is 0 Å². The second-order valence-electron chi connectivity index (χ2n) is 5.00. The van der Waals surface area contributed by atoms with Gasteiger partial charge in [0, 0.05) is 18.2 Å². The van der Waals surface area contributed by atoms with Gasteiger partial charge in [0.25, 0.3) is 0 Å². The van der Waals surface area contributed by atoms with Crippen LogP contribution in [0.5, 0.6) is 0 Å². The normalized spacial score (nSPS) is 16.5. The molecule has 3 rings (SSSR count). The van der Waals surface area contributed by atoms with E-state index in [2.05, 4.69) is 0 Å². The molecule has 0 N–H and O–H groups in total. The zero-order chi connectivity index (χ0) is 15.7. The molecule has 0 spiro atoms. The molecule has 0 radical (unpaired) electrons. The smallest absolute Gasteiger partial charge is 0.410 e. The summed E-state index contributed by atoms with van der Waals surface area (Å²) < 4.78 is 44.8. The summed E-state index contributed by atoms with van der Waals surface area (Å²) in [4.78, 5) is 13.1. The molecule has 0 aromatic heterocycles. The van der Waals surface area contributed by atoms with Crippen LogP contribution in [0, 0.1) is 17.5 Å². The largest absolute Gasteiger partial charge is 0.445 e. The Labute approximate surface area is 124 Å². The lowest BCUT2D eigenvalue weighted by atomic mass is 10.1. The van der Waals surface area contributed by atoms with Crippen LogP contribution in [0.3, 0.4) is 0 Å². The molecule has 1 aliphatic rings. The minimum Gasteiger partial charge on any atom is -0.445 e. The molecule has 0 bridgehead atoms. The van der Waals surface area contributed by atoms with E-state index in [1.807, 2.05) is 30.3 Å². The van der Waals surface area contributed by atoms with Crippen molar-refractivity contribution in [1.82, 2.24) is 4.90 Å². The highest BCUT2D eigenvalue weighted by Crippen LogP contribution is 2.37. The lowest BCUT2D eigenvalue weighted by molar-refractivity contribution is 0.122. The Morgan fingerprint density at radius 1 is 1.09 bits per heavy atom. The van der Waals surface area contributed by atoms with Crippen LogP contribution in [0.2, 0.25) is 0 Å². The van der Waals surface area contributed by atoms with Gasteiger partial charge in [-0.15, -0.1) is 0 Å². The van der Waals surface area contributed by atoms with Crippen LogP contribution in [-0.4, -0.2) is 17.5 Å². The number of nitrogens with zero attached hydrogens (tertiary/aromatic N) is 1. The van der Waals surface area contributed by atoms with Crippen molar-refractivity contribution in [2.24, 2.45) is 0 Å². The van der Waals surface area contributed by atoms with Gasteiger partial charge in [0.15, 0.2) is 11.6 Å². The quantitative estimate of drug-likeness (QED) is 0.637. The maximum absolute atomic E-state index is 13.6. The van der Waals surface area contributed by atoms with E-state index in [9.17, 15) is 18.0 Å². The average Bonchev–Trinajstić information content (AvgIpc) is 3.30. The highest BCUT2D eigenvalue weighted by atomic mass is 19.2. The molecule has 1 aliphatic heterocycles. The summed E-state index contributed by atoms with van der Waals surface area (Å²) in [5.41, 5.74) is 0.781. The van der Waals surface area contributed by atoms with Gasteiger partial charge < -0.3 is 4.74 Å². The highest BCUT2D eigenvalue weighted by Gasteiger charge is 2.42. The Morgan fingerprint density at radius 2 is 1.77 bits per heavy atom. The molecule has 3 nitrogen and oxygen atoms in total. The molecule has 6 heteroatoms. The fourth-order valence-electron chi connectivity index (χ4n) is 2.20. The van der Waals surface area contributed by atoms with Crippen molar-refractivity contribution in [2.45, 2.75) is 12.6 Å². The average molecular weight is 307 g/mol. The molecule has 1 fully saturated rings. The van der Waals surface area contributed by atoms with Gasteiger partial charge in [0.1, 0.15) is 12.4 Å². The molecule has 1 saturated heterocycles. The molecule has 1 unspecified atom stereocenters. The number of ether oxygens (including phenoxy) is 1. The Morgan fingerprint density at radius 3 is 2.50 bits per heavy atom. The topological polar surface area (TPSA) is 29.3 Å².